The summed E-state index contributed by atoms with van der Waals surface area (Å²) < 4.78 is 0. The number of nitrogens with zero attached hydrogens (tertiary/aromatic N) is 2. The van der Waals surface area contributed by atoms with Crippen LogP contribution in [0.15, 0.2) is 16.3 Å². The Morgan fingerprint density at radius 3 is 2.57 bits per heavy atom. The van der Waals surface area contributed by atoms with Crippen LogP contribution in [0.3, 0.4) is 0 Å². The van der Waals surface area contributed by atoms with Gasteiger partial charge < -0.3 is 10.0 Å². The molecule has 3 unspecified atom stereocenters. The summed E-state index contributed by atoms with van der Waals surface area (Å²) in [5.74, 6) is 1.54. The van der Waals surface area contributed by atoms with E-state index in [2.05, 4.69) is 52.7 Å². The summed E-state index contributed by atoms with van der Waals surface area (Å²) in [6, 6.07) is 0. The fraction of sp³-hybridized carbons (Fsp3) is 0.824. The molecule has 0 radical (unpaired) electrons. The Bertz CT molecular complexity index is 478. The van der Waals surface area contributed by atoms with E-state index < -0.39 is 0 Å². The van der Waals surface area contributed by atoms with Gasteiger partial charge in [-0.3, -0.25) is 4.99 Å². The monoisotopic (exact) mass is 310 g/mol. The zero-order chi connectivity index (χ0) is 16.0. The van der Waals surface area contributed by atoms with Crippen LogP contribution >= 0.6 is 11.8 Å². The first kappa shape index (κ1) is 16.9. The lowest BCUT2D eigenvalue weighted by molar-refractivity contribution is 0.229. The van der Waals surface area contributed by atoms with Crippen LogP contribution in [0.2, 0.25) is 0 Å². The van der Waals surface area contributed by atoms with E-state index in [1.54, 1.807) is 0 Å². The van der Waals surface area contributed by atoms with E-state index in [0.29, 0.717) is 11.2 Å². The molecule has 2 aliphatic rings. The predicted molar refractivity (Wildman–Crippen MR) is 92.9 cm³/mol. The summed E-state index contributed by atoms with van der Waals surface area (Å²) in [6.45, 7) is 14.7. The number of hydrogen-bond donors (Lipinski definition) is 1. The van der Waals surface area contributed by atoms with E-state index >= 15 is 0 Å². The minimum atomic E-state index is -0.164. The smallest absolute Gasteiger partial charge is 0.117 e. The third kappa shape index (κ3) is 2.65. The van der Waals surface area contributed by atoms with Crippen molar-refractivity contribution in [1.82, 2.24) is 4.90 Å². The molecule has 0 aliphatic carbocycles. The van der Waals surface area contributed by atoms with Gasteiger partial charge in [0.05, 0.1) is 10.8 Å². The molecule has 3 atom stereocenters. The molecule has 120 valence electrons. The molecule has 0 saturated carbocycles. The molecule has 1 N–H and O–H groups in total. The first-order valence-corrected chi connectivity index (χ1v) is 9.15. The van der Waals surface area contributed by atoms with Crippen molar-refractivity contribution >= 4 is 17.6 Å². The fourth-order valence-electron chi connectivity index (χ4n) is 3.33. The van der Waals surface area contributed by atoms with Crippen LogP contribution in [0.5, 0.6) is 0 Å². The highest BCUT2D eigenvalue weighted by molar-refractivity contribution is 7.99. The molecule has 1 fully saturated rings. The SMILES string of the molecule is CSC(C)C1=NC(C)(C(C)(C)C)C(C)=C2CC(CO)CN12. The van der Waals surface area contributed by atoms with Crippen molar-refractivity contribution in [1.29, 1.82) is 0 Å². The summed E-state index contributed by atoms with van der Waals surface area (Å²) in [6.07, 6.45) is 3.13. The minimum absolute atomic E-state index is 0.0802. The summed E-state index contributed by atoms with van der Waals surface area (Å²) >= 11 is 1.84. The third-order valence-corrected chi connectivity index (χ3v) is 6.38. The lowest BCUT2D eigenvalue weighted by atomic mass is 9.69. The van der Waals surface area contributed by atoms with Crippen molar-refractivity contribution in [3.8, 4) is 0 Å². The second kappa shape index (κ2) is 5.62. The molecule has 21 heavy (non-hydrogen) atoms. The quantitative estimate of drug-likeness (QED) is 0.866. The maximum absolute atomic E-state index is 9.58. The Balaban J connectivity index is 2.55. The highest BCUT2D eigenvalue weighted by Crippen LogP contribution is 2.47. The van der Waals surface area contributed by atoms with Gasteiger partial charge in [0.1, 0.15) is 5.84 Å². The van der Waals surface area contributed by atoms with E-state index in [0.717, 1.165) is 13.0 Å². The number of amidine groups is 1. The summed E-state index contributed by atoms with van der Waals surface area (Å²) in [5, 5.41) is 9.96. The normalized spacial score (nSPS) is 31.3. The molecular formula is C17H30N2OS. The fourth-order valence-corrected chi connectivity index (χ4v) is 3.72. The number of fused-ring (bicyclic) bond motifs is 1. The second-order valence-electron chi connectivity index (χ2n) is 7.61. The number of aliphatic hydroxyl groups is 1. The molecule has 2 rings (SSSR count). The molecule has 0 aromatic heterocycles. The molecule has 0 aromatic rings. The standard InChI is InChI=1S/C17H30N2OS/c1-11-14-8-13(10-20)9-19(14)15(12(2)21-7)18-17(11,6)16(3,4)5/h12-13,20H,8-10H2,1-7H3. The van der Waals surface area contributed by atoms with Gasteiger partial charge in [-0.05, 0) is 44.4 Å². The van der Waals surface area contributed by atoms with Gasteiger partial charge in [-0.1, -0.05) is 20.8 Å². The van der Waals surface area contributed by atoms with Crippen LogP contribution in [0.25, 0.3) is 0 Å². The second-order valence-corrected chi connectivity index (χ2v) is 8.78. The Kier molecular flexibility index (Phi) is 4.52. The number of allylic oxidation sites excluding steroid dienone is 1. The Morgan fingerprint density at radius 1 is 1.48 bits per heavy atom. The molecular weight excluding hydrogens is 280 g/mol. The summed E-state index contributed by atoms with van der Waals surface area (Å²) in [5.41, 5.74) is 2.69. The Labute approximate surface area is 133 Å². The zero-order valence-electron chi connectivity index (χ0n) is 14.5. The van der Waals surface area contributed by atoms with Gasteiger partial charge in [-0.15, -0.1) is 0 Å². The van der Waals surface area contributed by atoms with Crippen LogP contribution in [-0.4, -0.2) is 46.0 Å². The molecule has 0 spiro atoms. The van der Waals surface area contributed by atoms with Gasteiger partial charge >= 0.3 is 0 Å². The third-order valence-electron chi connectivity index (χ3n) is 5.46. The first-order valence-electron chi connectivity index (χ1n) is 7.87. The number of hydrogen-bond acceptors (Lipinski definition) is 4. The average Bonchev–Trinajstić information content (AvgIpc) is 2.85. The van der Waals surface area contributed by atoms with E-state index in [1.807, 2.05) is 11.8 Å². The number of aliphatic imine (C=N–C) groups is 1. The molecule has 4 heteroatoms. The zero-order valence-corrected chi connectivity index (χ0v) is 15.3. The number of thioether (sulfide) groups is 1. The van der Waals surface area contributed by atoms with E-state index in [1.165, 1.54) is 17.1 Å². The van der Waals surface area contributed by atoms with Crippen molar-refractivity contribution < 1.29 is 5.11 Å². The highest BCUT2D eigenvalue weighted by atomic mass is 32.2. The Morgan fingerprint density at radius 2 is 2.10 bits per heavy atom. The minimum Gasteiger partial charge on any atom is -0.396 e. The van der Waals surface area contributed by atoms with Crippen LogP contribution in [-0.2, 0) is 0 Å². The van der Waals surface area contributed by atoms with Gasteiger partial charge in [-0.25, -0.2) is 0 Å². The van der Waals surface area contributed by atoms with Gasteiger partial charge in [0.25, 0.3) is 0 Å². The van der Waals surface area contributed by atoms with Gasteiger partial charge in [0, 0.05) is 24.8 Å². The molecule has 2 heterocycles. The van der Waals surface area contributed by atoms with Crippen molar-refractivity contribution in [3.63, 3.8) is 0 Å². The average molecular weight is 311 g/mol. The molecule has 0 amide bonds. The number of rotatable bonds is 3. The Hall–Kier alpha value is -0.480. The topological polar surface area (TPSA) is 35.8 Å². The van der Waals surface area contributed by atoms with E-state index in [-0.39, 0.29) is 17.6 Å². The first-order chi connectivity index (χ1) is 9.65. The molecule has 0 bridgehead atoms. The van der Waals surface area contributed by atoms with Crippen molar-refractivity contribution in [2.45, 2.75) is 58.8 Å². The van der Waals surface area contributed by atoms with Crippen LogP contribution in [0.4, 0.5) is 0 Å². The molecule has 0 aromatic carbocycles. The van der Waals surface area contributed by atoms with E-state index in [4.69, 9.17) is 4.99 Å². The predicted octanol–water partition coefficient (Wildman–Crippen LogP) is 3.54. The van der Waals surface area contributed by atoms with Gasteiger partial charge in [0.15, 0.2) is 0 Å². The lowest BCUT2D eigenvalue weighted by Gasteiger charge is -2.46. The maximum atomic E-state index is 9.58. The maximum Gasteiger partial charge on any atom is 0.117 e. The molecule has 1 saturated heterocycles. The van der Waals surface area contributed by atoms with Gasteiger partial charge in [-0.2, -0.15) is 11.8 Å². The van der Waals surface area contributed by atoms with Crippen molar-refractivity contribution in [2.75, 3.05) is 19.4 Å². The molecule has 2 aliphatic heterocycles. The van der Waals surface area contributed by atoms with Gasteiger partial charge in [0.2, 0.25) is 0 Å². The van der Waals surface area contributed by atoms with Crippen LogP contribution in [0, 0.1) is 11.3 Å². The lowest BCUT2D eigenvalue weighted by Crippen LogP contribution is -2.49. The van der Waals surface area contributed by atoms with E-state index in [9.17, 15) is 5.11 Å². The number of aliphatic hydroxyl groups excluding tert-OH is 1. The van der Waals surface area contributed by atoms with Crippen molar-refractivity contribution in [3.05, 3.63) is 11.3 Å². The largest absolute Gasteiger partial charge is 0.396 e. The van der Waals surface area contributed by atoms with Crippen LogP contribution < -0.4 is 0 Å². The summed E-state index contributed by atoms with van der Waals surface area (Å²) in [7, 11) is 0. The summed E-state index contributed by atoms with van der Waals surface area (Å²) in [4.78, 5) is 7.61. The van der Waals surface area contributed by atoms with Crippen LogP contribution in [0.1, 0.15) is 48.0 Å². The molecule has 3 nitrogen and oxygen atoms in total. The van der Waals surface area contributed by atoms with Crippen molar-refractivity contribution in [2.24, 2.45) is 16.3 Å². The highest BCUT2D eigenvalue weighted by Gasteiger charge is 2.47.